The lowest BCUT2D eigenvalue weighted by molar-refractivity contribution is -0.166. The fraction of sp³-hybridized carbons (Fsp3) is 0.765. The zero-order chi connectivity index (χ0) is 18.2. The number of ether oxygens (including phenoxy) is 2. The fourth-order valence-corrected chi connectivity index (χ4v) is 5.91. The standard InChI is InChI=1S/C17H25N3O5S/c21-16(8-14-2-6-24-7-3-14)19-11-17(12-19)13-26(22,23)15(10-25-17)9-20-5-1-4-18-20/h1,4-5,14-15H,2-3,6-13H2/t15-/m0/s1. The third kappa shape index (κ3) is 3.65. The number of likely N-dealkylation sites (tertiary alicyclic amines) is 1. The second-order valence-electron chi connectivity index (χ2n) is 7.66. The molecule has 0 N–H and O–H groups in total. The first-order valence-electron chi connectivity index (χ1n) is 9.14. The molecule has 3 fully saturated rings. The number of amides is 1. The fourth-order valence-electron chi connectivity index (χ4n) is 4.02. The average Bonchev–Trinajstić information content (AvgIpc) is 3.08. The van der Waals surface area contributed by atoms with Crippen LogP contribution in [0.2, 0.25) is 0 Å². The van der Waals surface area contributed by atoms with Gasteiger partial charge in [-0.25, -0.2) is 8.42 Å². The number of nitrogens with zero attached hydrogens (tertiary/aromatic N) is 3. The molecule has 0 aliphatic carbocycles. The van der Waals surface area contributed by atoms with E-state index < -0.39 is 20.7 Å². The predicted molar refractivity (Wildman–Crippen MR) is 93.2 cm³/mol. The molecule has 3 aliphatic heterocycles. The van der Waals surface area contributed by atoms with E-state index in [1.807, 2.05) is 0 Å². The van der Waals surface area contributed by atoms with Gasteiger partial charge in [0.2, 0.25) is 5.91 Å². The van der Waals surface area contributed by atoms with Crippen molar-refractivity contribution in [3.05, 3.63) is 18.5 Å². The molecular weight excluding hydrogens is 358 g/mol. The Balaban J connectivity index is 1.31. The number of hydrogen-bond donors (Lipinski definition) is 0. The first kappa shape index (κ1) is 17.9. The van der Waals surface area contributed by atoms with Crippen molar-refractivity contribution in [1.29, 1.82) is 0 Å². The Labute approximate surface area is 153 Å². The van der Waals surface area contributed by atoms with Gasteiger partial charge in [0.15, 0.2) is 9.84 Å². The topological polar surface area (TPSA) is 90.7 Å². The largest absolute Gasteiger partial charge is 0.381 e. The van der Waals surface area contributed by atoms with E-state index in [0.717, 1.165) is 26.1 Å². The Hall–Kier alpha value is -1.45. The molecule has 1 aromatic heterocycles. The van der Waals surface area contributed by atoms with Gasteiger partial charge in [-0.3, -0.25) is 9.48 Å². The van der Waals surface area contributed by atoms with Crippen molar-refractivity contribution in [3.63, 3.8) is 0 Å². The van der Waals surface area contributed by atoms with E-state index in [2.05, 4.69) is 5.10 Å². The Kier molecular flexibility index (Phi) is 4.79. The normalized spacial score (nSPS) is 28.0. The van der Waals surface area contributed by atoms with Crippen LogP contribution in [0.15, 0.2) is 18.5 Å². The first-order chi connectivity index (χ1) is 12.5. The van der Waals surface area contributed by atoms with Crippen LogP contribution < -0.4 is 0 Å². The van der Waals surface area contributed by atoms with E-state index in [-0.39, 0.29) is 18.3 Å². The molecule has 0 radical (unpaired) electrons. The molecule has 0 saturated carbocycles. The second-order valence-corrected chi connectivity index (χ2v) is 9.94. The van der Waals surface area contributed by atoms with Crippen LogP contribution in [0, 0.1) is 5.92 Å². The Morgan fingerprint density at radius 1 is 1.27 bits per heavy atom. The molecule has 0 unspecified atom stereocenters. The molecule has 3 aliphatic rings. The predicted octanol–water partition coefficient (Wildman–Crippen LogP) is 0.0944. The highest BCUT2D eigenvalue weighted by atomic mass is 32.2. The Morgan fingerprint density at radius 2 is 2.04 bits per heavy atom. The van der Waals surface area contributed by atoms with Gasteiger partial charge in [0.25, 0.3) is 0 Å². The summed E-state index contributed by atoms with van der Waals surface area (Å²) in [6.07, 6.45) is 5.75. The van der Waals surface area contributed by atoms with Gasteiger partial charge in [0.1, 0.15) is 10.9 Å². The van der Waals surface area contributed by atoms with E-state index in [9.17, 15) is 13.2 Å². The maximum absolute atomic E-state index is 12.7. The van der Waals surface area contributed by atoms with Crippen molar-refractivity contribution in [2.45, 2.75) is 36.7 Å². The number of sulfone groups is 1. The molecule has 4 rings (SSSR count). The number of hydrogen-bond acceptors (Lipinski definition) is 6. The maximum atomic E-state index is 12.7. The summed E-state index contributed by atoms with van der Waals surface area (Å²) in [6, 6.07) is 1.77. The molecule has 9 heteroatoms. The highest BCUT2D eigenvalue weighted by Gasteiger charge is 2.53. The van der Waals surface area contributed by atoms with E-state index in [1.165, 1.54) is 0 Å². The monoisotopic (exact) mass is 383 g/mol. The van der Waals surface area contributed by atoms with Crippen molar-refractivity contribution in [1.82, 2.24) is 14.7 Å². The van der Waals surface area contributed by atoms with Crippen LogP contribution in [0.1, 0.15) is 19.3 Å². The van der Waals surface area contributed by atoms with Gasteiger partial charge in [-0.05, 0) is 24.8 Å². The maximum Gasteiger partial charge on any atom is 0.223 e. The molecule has 26 heavy (non-hydrogen) atoms. The van der Waals surface area contributed by atoms with Gasteiger partial charge in [-0.2, -0.15) is 5.10 Å². The summed E-state index contributed by atoms with van der Waals surface area (Å²) < 4.78 is 38.2. The van der Waals surface area contributed by atoms with Crippen LogP contribution >= 0.6 is 0 Å². The van der Waals surface area contributed by atoms with Crippen molar-refractivity contribution >= 4 is 15.7 Å². The molecule has 1 aromatic rings. The van der Waals surface area contributed by atoms with Crippen molar-refractivity contribution < 1.29 is 22.7 Å². The Bertz CT molecular complexity index is 736. The minimum Gasteiger partial charge on any atom is -0.381 e. The summed E-state index contributed by atoms with van der Waals surface area (Å²) in [5, 5.41) is 3.49. The van der Waals surface area contributed by atoms with Crippen LogP contribution in [-0.4, -0.2) is 78.5 Å². The van der Waals surface area contributed by atoms with E-state index >= 15 is 0 Å². The molecular formula is C17H25N3O5S. The summed E-state index contributed by atoms with van der Waals surface area (Å²) in [6.45, 7) is 2.66. The summed E-state index contributed by atoms with van der Waals surface area (Å²) in [5.41, 5.74) is -0.717. The number of carbonyl (C=O) groups is 1. The minimum absolute atomic E-state index is 0.0208. The molecule has 144 valence electrons. The van der Waals surface area contributed by atoms with Crippen molar-refractivity contribution in [2.24, 2.45) is 5.92 Å². The third-order valence-corrected chi connectivity index (χ3v) is 7.84. The molecule has 3 saturated heterocycles. The third-order valence-electron chi connectivity index (χ3n) is 5.61. The lowest BCUT2D eigenvalue weighted by Gasteiger charge is -2.52. The van der Waals surface area contributed by atoms with Crippen LogP contribution in [0.25, 0.3) is 0 Å². The van der Waals surface area contributed by atoms with Crippen LogP contribution in [-0.2, 0) is 30.7 Å². The lowest BCUT2D eigenvalue weighted by atomic mass is 9.91. The summed E-state index contributed by atoms with van der Waals surface area (Å²) in [5.74, 6) is 0.455. The smallest absolute Gasteiger partial charge is 0.223 e. The van der Waals surface area contributed by atoms with Crippen LogP contribution in [0.4, 0.5) is 0 Å². The summed E-state index contributed by atoms with van der Waals surface area (Å²) in [7, 11) is -3.28. The summed E-state index contributed by atoms with van der Waals surface area (Å²) in [4.78, 5) is 14.2. The van der Waals surface area contributed by atoms with Gasteiger partial charge in [-0.1, -0.05) is 0 Å². The highest BCUT2D eigenvalue weighted by Crippen LogP contribution is 2.34. The van der Waals surface area contributed by atoms with E-state index in [1.54, 1.807) is 28.0 Å². The van der Waals surface area contributed by atoms with Gasteiger partial charge in [0, 0.05) is 32.0 Å². The second kappa shape index (κ2) is 6.94. The molecule has 1 spiro atoms. The minimum atomic E-state index is -3.28. The van der Waals surface area contributed by atoms with E-state index in [4.69, 9.17) is 9.47 Å². The number of aromatic nitrogens is 2. The number of rotatable bonds is 4. The van der Waals surface area contributed by atoms with Gasteiger partial charge >= 0.3 is 0 Å². The molecule has 1 atom stereocenters. The van der Waals surface area contributed by atoms with Gasteiger partial charge < -0.3 is 14.4 Å². The summed E-state index contributed by atoms with van der Waals surface area (Å²) >= 11 is 0. The quantitative estimate of drug-likeness (QED) is 0.732. The first-order valence-corrected chi connectivity index (χ1v) is 10.9. The highest BCUT2D eigenvalue weighted by molar-refractivity contribution is 7.92. The number of carbonyl (C=O) groups excluding carboxylic acids is 1. The SMILES string of the molecule is O=C(CC1CCOCC1)N1CC2(C1)CS(=O)(=O)[C@@H](Cn1cccn1)CO2. The zero-order valence-electron chi connectivity index (χ0n) is 14.7. The zero-order valence-corrected chi connectivity index (χ0v) is 15.6. The van der Waals surface area contributed by atoms with Crippen molar-refractivity contribution in [3.8, 4) is 0 Å². The van der Waals surface area contributed by atoms with Crippen LogP contribution in [0.5, 0.6) is 0 Å². The molecule has 0 bridgehead atoms. The average molecular weight is 383 g/mol. The van der Waals surface area contributed by atoms with Crippen LogP contribution in [0.3, 0.4) is 0 Å². The van der Waals surface area contributed by atoms with E-state index in [0.29, 0.717) is 32.0 Å². The Morgan fingerprint density at radius 3 is 2.69 bits per heavy atom. The molecule has 1 amide bonds. The lowest BCUT2D eigenvalue weighted by Crippen LogP contribution is -2.70. The van der Waals surface area contributed by atoms with Crippen molar-refractivity contribution in [2.75, 3.05) is 38.7 Å². The molecule has 8 nitrogen and oxygen atoms in total. The molecule has 4 heterocycles. The molecule has 0 aromatic carbocycles. The van der Waals surface area contributed by atoms with Gasteiger partial charge in [-0.15, -0.1) is 0 Å². The van der Waals surface area contributed by atoms with Gasteiger partial charge in [0.05, 0.1) is 32.0 Å².